The van der Waals surface area contributed by atoms with Crippen molar-refractivity contribution in [3.05, 3.63) is 52.8 Å². The van der Waals surface area contributed by atoms with E-state index in [0.717, 1.165) is 10.9 Å². The van der Waals surface area contributed by atoms with Gasteiger partial charge in [-0.25, -0.2) is 0 Å². The Morgan fingerprint density at radius 3 is 2.56 bits per heavy atom. The molecule has 2 aromatic carbocycles. The highest BCUT2D eigenvalue weighted by Gasteiger charge is 2.07. The average Bonchev–Trinajstić information content (AvgIpc) is 2.30. The molecular weight excluding hydrogens is 202 g/mol. The maximum atomic E-state index is 11.8. The van der Waals surface area contributed by atoms with Crippen molar-refractivity contribution in [1.29, 1.82) is 0 Å². The standard InChI is InChI=1S/C13H9NO2/c15-11-7-3-5-9-12(11)8-4-1-2-6-10(8)14-13(9)16/h1-7,15H,(H,14,16). The maximum Gasteiger partial charge on any atom is 0.256 e. The molecule has 0 aliphatic rings. The lowest BCUT2D eigenvalue weighted by Crippen LogP contribution is -2.05. The summed E-state index contributed by atoms with van der Waals surface area (Å²) in [7, 11) is 0. The highest BCUT2D eigenvalue weighted by molar-refractivity contribution is 6.08. The summed E-state index contributed by atoms with van der Waals surface area (Å²) in [6, 6.07) is 12.4. The van der Waals surface area contributed by atoms with Crippen LogP contribution in [0.3, 0.4) is 0 Å². The van der Waals surface area contributed by atoms with Crippen LogP contribution in [0.15, 0.2) is 47.3 Å². The van der Waals surface area contributed by atoms with E-state index < -0.39 is 0 Å². The number of fused-ring (bicyclic) bond motifs is 3. The molecule has 0 unspecified atom stereocenters. The van der Waals surface area contributed by atoms with E-state index in [2.05, 4.69) is 4.98 Å². The number of aromatic hydroxyl groups is 1. The molecule has 3 aromatic rings. The molecule has 3 rings (SSSR count). The average molecular weight is 211 g/mol. The number of hydrogen-bond acceptors (Lipinski definition) is 2. The predicted octanol–water partition coefficient (Wildman–Crippen LogP) is 2.39. The van der Waals surface area contributed by atoms with Crippen LogP contribution in [0.2, 0.25) is 0 Å². The third-order valence-corrected chi connectivity index (χ3v) is 2.73. The molecule has 0 bridgehead atoms. The number of aromatic nitrogens is 1. The summed E-state index contributed by atoms with van der Waals surface area (Å²) in [4.78, 5) is 14.6. The van der Waals surface area contributed by atoms with E-state index in [1.807, 2.05) is 24.3 Å². The minimum Gasteiger partial charge on any atom is -0.507 e. The Morgan fingerprint density at radius 2 is 1.69 bits per heavy atom. The van der Waals surface area contributed by atoms with Crippen LogP contribution < -0.4 is 5.56 Å². The number of hydrogen-bond donors (Lipinski definition) is 2. The zero-order valence-electron chi connectivity index (χ0n) is 8.40. The van der Waals surface area contributed by atoms with Crippen LogP contribution in [0.1, 0.15) is 0 Å². The van der Waals surface area contributed by atoms with Crippen LogP contribution in [0.25, 0.3) is 21.7 Å². The van der Waals surface area contributed by atoms with Crippen molar-refractivity contribution < 1.29 is 5.11 Å². The van der Waals surface area contributed by atoms with Gasteiger partial charge in [-0.1, -0.05) is 24.3 Å². The van der Waals surface area contributed by atoms with E-state index in [1.54, 1.807) is 18.2 Å². The monoisotopic (exact) mass is 211 g/mol. The summed E-state index contributed by atoms with van der Waals surface area (Å²) in [5.74, 6) is 0.139. The van der Waals surface area contributed by atoms with Crippen molar-refractivity contribution in [3.8, 4) is 5.75 Å². The number of H-pyrrole nitrogens is 1. The molecule has 1 aromatic heterocycles. The van der Waals surface area contributed by atoms with Gasteiger partial charge < -0.3 is 10.1 Å². The molecule has 16 heavy (non-hydrogen) atoms. The summed E-state index contributed by atoms with van der Waals surface area (Å²) in [6.07, 6.45) is 0. The van der Waals surface area contributed by atoms with E-state index in [1.165, 1.54) is 0 Å². The lowest BCUT2D eigenvalue weighted by molar-refractivity contribution is 0.482. The molecule has 0 amide bonds. The molecule has 0 aliphatic heterocycles. The first-order valence-electron chi connectivity index (χ1n) is 5.00. The van der Waals surface area contributed by atoms with Crippen LogP contribution >= 0.6 is 0 Å². The lowest BCUT2D eigenvalue weighted by atomic mass is 10.1. The van der Waals surface area contributed by atoms with Gasteiger partial charge in [-0.2, -0.15) is 0 Å². The van der Waals surface area contributed by atoms with Crippen molar-refractivity contribution >= 4 is 21.7 Å². The molecule has 0 atom stereocenters. The van der Waals surface area contributed by atoms with Gasteiger partial charge in [0.25, 0.3) is 5.56 Å². The number of phenolic OH excluding ortho intramolecular Hbond substituents is 1. The fourth-order valence-electron chi connectivity index (χ4n) is 2.01. The quantitative estimate of drug-likeness (QED) is 0.561. The molecule has 0 aliphatic carbocycles. The SMILES string of the molecule is O=c1[nH]c2ccccc2c2c(O)cccc12. The molecular formula is C13H9NO2. The smallest absolute Gasteiger partial charge is 0.256 e. The normalized spacial score (nSPS) is 11.0. The summed E-state index contributed by atoms with van der Waals surface area (Å²) >= 11 is 0. The largest absolute Gasteiger partial charge is 0.507 e. The molecule has 3 nitrogen and oxygen atoms in total. The second-order valence-corrected chi connectivity index (χ2v) is 3.70. The second-order valence-electron chi connectivity index (χ2n) is 3.70. The molecule has 0 saturated heterocycles. The summed E-state index contributed by atoms with van der Waals surface area (Å²) < 4.78 is 0. The minimum atomic E-state index is -0.176. The van der Waals surface area contributed by atoms with Crippen LogP contribution in [0.4, 0.5) is 0 Å². The summed E-state index contributed by atoms with van der Waals surface area (Å²) in [6.45, 7) is 0. The van der Waals surface area contributed by atoms with Gasteiger partial charge in [-0.15, -0.1) is 0 Å². The number of phenols is 1. The Hall–Kier alpha value is -2.29. The zero-order chi connectivity index (χ0) is 11.1. The first-order chi connectivity index (χ1) is 7.77. The van der Waals surface area contributed by atoms with E-state index in [0.29, 0.717) is 10.8 Å². The molecule has 1 heterocycles. The maximum absolute atomic E-state index is 11.8. The van der Waals surface area contributed by atoms with Crippen LogP contribution in [0, 0.1) is 0 Å². The fourth-order valence-corrected chi connectivity index (χ4v) is 2.01. The molecule has 3 heteroatoms. The van der Waals surface area contributed by atoms with Crippen molar-refractivity contribution in [2.45, 2.75) is 0 Å². The van der Waals surface area contributed by atoms with Crippen molar-refractivity contribution in [2.75, 3.05) is 0 Å². The number of para-hydroxylation sites is 1. The Morgan fingerprint density at radius 1 is 0.938 bits per heavy atom. The number of aromatic amines is 1. The zero-order valence-corrected chi connectivity index (χ0v) is 8.40. The van der Waals surface area contributed by atoms with Gasteiger partial charge in [0.05, 0.1) is 5.39 Å². The van der Waals surface area contributed by atoms with E-state index in [-0.39, 0.29) is 11.3 Å². The van der Waals surface area contributed by atoms with Gasteiger partial charge in [0.15, 0.2) is 0 Å². The third-order valence-electron chi connectivity index (χ3n) is 2.73. The van der Waals surface area contributed by atoms with Crippen molar-refractivity contribution in [2.24, 2.45) is 0 Å². The number of nitrogens with one attached hydrogen (secondary N) is 1. The Labute approximate surface area is 91.0 Å². The number of rotatable bonds is 0. The first-order valence-corrected chi connectivity index (χ1v) is 5.00. The van der Waals surface area contributed by atoms with E-state index in [4.69, 9.17) is 0 Å². The second kappa shape index (κ2) is 3.10. The molecule has 0 fully saturated rings. The highest BCUT2D eigenvalue weighted by atomic mass is 16.3. The number of benzene rings is 2. The number of pyridine rings is 1. The first kappa shape index (κ1) is 8.97. The summed E-state index contributed by atoms with van der Waals surface area (Å²) in [5, 5.41) is 11.8. The molecule has 2 N–H and O–H groups in total. The topological polar surface area (TPSA) is 53.1 Å². The third kappa shape index (κ3) is 1.11. The van der Waals surface area contributed by atoms with Crippen LogP contribution in [-0.2, 0) is 0 Å². The van der Waals surface area contributed by atoms with E-state index in [9.17, 15) is 9.90 Å². The van der Waals surface area contributed by atoms with Gasteiger partial charge in [0.1, 0.15) is 5.75 Å². The van der Waals surface area contributed by atoms with Gasteiger partial charge >= 0.3 is 0 Å². The van der Waals surface area contributed by atoms with Crippen molar-refractivity contribution in [3.63, 3.8) is 0 Å². The minimum absolute atomic E-state index is 0.139. The lowest BCUT2D eigenvalue weighted by Gasteiger charge is -2.04. The molecule has 0 spiro atoms. The van der Waals surface area contributed by atoms with Gasteiger partial charge in [-0.3, -0.25) is 4.79 Å². The Kier molecular flexibility index (Phi) is 1.74. The molecule has 78 valence electrons. The molecule has 0 saturated carbocycles. The predicted molar refractivity (Wildman–Crippen MR) is 63.7 cm³/mol. The van der Waals surface area contributed by atoms with Crippen LogP contribution in [0.5, 0.6) is 5.75 Å². The van der Waals surface area contributed by atoms with Crippen molar-refractivity contribution in [1.82, 2.24) is 4.98 Å². The Bertz CT molecular complexity index is 744. The fraction of sp³-hybridized carbons (Fsp3) is 0. The van der Waals surface area contributed by atoms with E-state index >= 15 is 0 Å². The highest BCUT2D eigenvalue weighted by Crippen LogP contribution is 2.28. The van der Waals surface area contributed by atoms with Gasteiger partial charge in [0.2, 0.25) is 0 Å². The van der Waals surface area contributed by atoms with Gasteiger partial charge in [-0.05, 0) is 18.2 Å². The Balaban J connectivity index is 2.73. The molecule has 0 radical (unpaired) electrons. The van der Waals surface area contributed by atoms with Crippen LogP contribution in [-0.4, -0.2) is 10.1 Å². The van der Waals surface area contributed by atoms with Gasteiger partial charge in [0, 0.05) is 16.3 Å². The summed E-state index contributed by atoms with van der Waals surface area (Å²) in [5.41, 5.74) is 0.561.